The number of Topliss-reactive ketones (excluding diaryl/α,β-unsaturated/α-hetero) is 1. The fraction of sp³-hybridized carbons (Fsp3) is 0.944. The van der Waals surface area contributed by atoms with Gasteiger partial charge in [0.1, 0.15) is 5.78 Å². The molecule has 1 nitrogen and oxygen atoms in total. The van der Waals surface area contributed by atoms with Gasteiger partial charge >= 0.3 is 0 Å². The Morgan fingerprint density at radius 2 is 1.32 bits per heavy atom. The quantitative estimate of drug-likeness (QED) is 0.366. The number of carbonyl (C=O) groups excluding carboxylic acids is 1. The van der Waals surface area contributed by atoms with E-state index in [0.29, 0.717) is 18.1 Å². The van der Waals surface area contributed by atoms with Gasteiger partial charge in [0.2, 0.25) is 0 Å². The molecular formula is C18H36O. The van der Waals surface area contributed by atoms with Crippen LogP contribution in [-0.2, 0) is 4.79 Å². The standard InChI is InChI=1S/C18H36O/c1-5-7-9-12-16(3)13-10-8-11-14-17(4)15-18(19)6-2/h16-17H,5-15H2,1-4H3. The summed E-state index contributed by atoms with van der Waals surface area (Å²) in [6.07, 6.45) is 13.7. The molecule has 0 aliphatic heterocycles. The van der Waals surface area contributed by atoms with Crippen LogP contribution in [-0.4, -0.2) is 5.78 Å². The van der Waals surface area contributed by atoms with Gasteiger partial charge in [0.25, 0.3) is 0 Å². The van der Waals surface area contributed by atoms with E-state index in [9.17, 15) is 4.79 Å². The lowest BCUT2D eigenvalue weighted by Gasteiger charge is -2.12. The highest BCUT2D eigenvalue weighted by Gasteiger charge is 2.07. The van der Waals surface area contributed by atoms with Crippen molar-refractivity contribution in [1.82, 2.24) is 0 Å². The number of carbonyl (C=O) groups is 1. The zero-order valence-corrected chi connectivity index (χ0v) is 13.8. The number of hydrogen-bond donors (Lipinski definition) is 0. The van der Waals surface area contributed by atoms with E-state index in [-0.39, 0.29) is 0 Å². The minimum atomic E-state index is 0.428. The Kier molecular flexibility index (Phi) is 12.5. The normalized spacial score (nSPS) is 14.3. The fourth-order valence-corrected chi connectivity index (χ4v) is 2.68. The lowest BCUT2D eigenvalue weighted by atomic mass is 9.94. The third kappa shape index (κ3) is 12.4. The van der Waals surface area contributed by atoms with Crippen molar-refractivity contribution in [3.8, 4) is 0 Å². The molecule has 0 bridgehead atoms. The van der Waals surface area contributed by atoms with E-state index in [1.807, 2.05) is 6.92 Å². The summed E-state index contributed by atoms with van der Waals surface area (Å²) in [5, 5.41) is 0. The Morgan fingerprint density at radius 1 is 0.789 bits per heavy atom. The van der Waals surface area contributed by atoms with Gasteiger partial charge < -0.3 is 0 Å². The molecule has 0 aliphatic rings. The Labute approximate surface area is 121 Å². The maximum absolute atomic E-state index is 11.3. The van der Waals surface area contributed by atoms with E-state index in [0.717, 1.165) is 12.3 Å². The molecule has 114 valence electrons. The topological polar surface area (TPSA) is 17.1 Å². The summed E-state index contributed by atoms with van der Waals surface area (Å²) in [5.41, 5.74) is 0. The lowest BCUT2D eigenvalue weighted by Crippen LogP contribution is -2.04. The van der Waals surface area contributed by atoms with Crippen molar-refractivity contribution in [3.63, 3.8) is 0 Å². The van der Waals surface area contributed by atoms with Crippen LogP contribution in [0, 0.1) is 11.8 Å². The smallest absolute Gasteiger partial charge is 0.132 e. The molecule has 0 aromatic heterocycles. The minimum Gasteiger partial charge on any atom is -0.300 e. The Hall–Kier alpha value is -0.330. The zero-order valence-electron chi connectivity index (χ0n) is 13.8. The first kappa shape index (κ1) is 18.7. The van der Waals surface area contributed by atoms with Crippen molar-refractivity contribution in [1.29, 1.82) is 0 Å². The monoisotopic (exact) mass is 268 g/mol. The first-order valence-corrected chi connectivity index (χ1v) is 8.61. The summed E-state index contributed by atoms with van der Waals surface area (Å²) < 4.78 is 0. The van der Waals surface area contributed by atoms with Crippen LogP contribution < -0.4 is 0 Å². The molecule has 2 unspecified atom stereocenters. The van der Waals surface area contributed by atoms with Crippen molar-refractivity contribution in [2.24, 2.45) is 11.8 Å². The molecule has 0 radical (unpaired) electrons. The zero-order chi connectivity index (χ0) is 14.5. The molecule has 0 aliphatic carbocycles. The van der Waals surface area contributed by atoms with Gasteiger partial charge in [-0.15, -0.1) is 0 Å². The van der Waals surface area contributed by atoms with Crippen LogP contribution >= 0.6 is 0 Å². The molecule has 1 heteroatoms. The van der Waals surface area contributed by atoms with Gasteiger partial charge in [-0.3, -0.25) is 4.79 Å². The number of rotatable bonds is 13. The molecule has 19 heavy (non-hydrogen) atoms. The molecule has 2 atom stereocenters. The van der Waals surface area contributed by atoms with E-state index in [2.05, 4.69) is 20.8 Å². The second-order valence-electron chi connectivity index (χ2n) is 6.44. The van der Waals surface area contributed by atoms with Gasteiger partial charge in [-0.25, -0.2) is 0 Å². The van der Waals surface area contributed by atoms with Crippen LogP contribution in [0.1, 0.15) is 98.3 Å². The second-order valence-corrected chi connectivity index (χ2v) is 6.44. The summed E-state index contributed by atoms with van der Waals surface area (Å²) in [6, 6.07) is 0. The number of ketones is 1. The van der Waals surface area contributed by atoms with Gasteiger partial charge in [-0.05, 0) is 11.8 Å². The molecule has 0 rings (SSSR count). The highest BCUT2D eigenvalue weighted by molar-refractivity contribution is 5.78. The molecular weight excluding hydrogens is 232 g/mol. The van der Waals surface area contributed by atoms with Crippen LogP contribution in [0.2, 0.25) is 0 Å². The Morgan fingerprint density at radius 3 is 1.84 bits per heavy atom. The van der Waals surface area contributed by atoms with Gasteiger partial charge in [0.15, 0.2) is 0 Å². The maximum atomic E-state index is 11.3. The summed E-state index contributed by atoms with van der Waals surface area (Å²) >= 11 is 0. The van der Waals surface area contributed by atoms with Gasteiger partial charge in [-0.1, -0.05) is 85.5 Å². The Balaban J connectivity index is 3.36. The first-order chi connectivity index (χ1) is 9.10. The van der Waals surface area contributed by atoms with E-state index < -0.39 is 0 Å². The SMILES string of the molecule is CCCCCC(C)CCCCCC(C)CC(=O)CC. The van der Waals surface area contributed by atoms with Crippen LogP contribution in [0.25, 0.3) is 0 Å². The number of hydrogen-bond acceptors (Lipinski definition) is 1. The summed E-state index contributed by atoms with van der Waals surface area (Å²) in [6.45, 7) is 8.86. The third-order valence-electron chi connectivity index (χ3n) is 4.16. The fourth-order valence-electron chi connectivity index (χ4n) is 2.68. The van der Waals surface area contributed by atoms with Crippen LogP contribution in [0.4, 0.5) is 0 Å². The van der Waals surface area contributed by atoms with Crippen LogP contribution in [0.5, 0.6) is 0 Å². The predicted octanol–water partition coefficient (Wildman–Crippen LogP) is 6.16. The molecule has 0 spiro atoms. The molecule has 0 saturated carbocycles. The molecule has 0 amide bonds. The van der Waals surface area contributed by atoms with Crippen molar-refractivity contribution >= 4 is 5.78 Å². The largest absolute Gasteiger partial charge is 0.300 e. The van der Waals surface area contributed by atoms with Crippen LogP contribution in [0.3, 0.4) is 0 Å². The van der Waals surface area contributed by atoms with E-state index in [1.165, 1.54) is 57.8 Å². The molecule has 0 fully saturated rings. The first-order valence-electron chi connectivity index (χ1n) is 8.61. The maximum Gasteiger partial charge on any atom is 0.132 e. The van der Waals surface area contributed by atoms with Crippen molar-refractivity contribution in [2.45, 2.75) is 98.3 Å². The van der Waals surface area contributed by atoms with Crippen molar-refractivity contribution < 1.29 is 4.79 Å². The third-order valence-corrected chi connectivity index (χ3v) is 4.16. The highest BCUT2D eigenvalue weighted by atomic mass is 16.1. The summed E-state index contributed by atoms with van der Waals surface area (Å²) in [7, 11) is 0. The average molecular weight is 268 g/mol. The van der Waals surface area contributed by atoms with Crippen molar-refractivity contribution in [3.05, 3.63) is 0 Å². The van der Waals surface area contributed by atoms with E-state index >= 15 is 0 Å². The minimum absolute atomic E-state index is 0.428. The van der Waals surface area contributed by atoms with E-state index in [1.54, 1.807) is 0 Å². The Bertz CT molecular complexity index is 210. The molecule has 0 N–H and O–H groups in total. The average Bonchev–Trinajstić information content (AvgIpc) is 2.38. The molecule has 0 heterocycles. The second kappa shape index (κ2) is 12.7. The van der Waals surface area contributed by atoms with E-state index in [4.69, 9.17) is 0 Å². The summed E-state index contributed by atoms with van der Waals surface area (Å²) in [4.78, 5) is 11.3. The highest BCUT2D eigenvalue weighted by Crippen LogP contribution is 2.19. The van der Waals surface area contributed by atoms with Crippen molar-refractivity contribution in [2.75, 3.05) is 0 Å². The predicted molar refractivity (Wildman–Crippen MR) is 85.5 cm³/mol. The number of unbranched alkanes of at least 4 members (excludes halogenated alkanes) is 4. The molecule has 0 aromatic carbocycles. The molecule has 0 saturated heterocycles. The van der Waals surface area contributed by atoms with Gasteiger partial charge in [0.05, 0.1) is 0 Å². The molecule has 0 aromatic rings. The van der Waals surface area contributed by atoms with Gasteiger partial charge in [-0.2, -0.15) is 0 Å². The lowest BCUT2D eigenvalue weighted by molar-refractivity contribution is -0.119. The van der Waals surface area contributed by atoms with Crippen LogP contribution in [0.15, 0.2) is 0 Å². The van der Waals surface area contributed by atoms with Gasteiger partial charge in [0, 0.05) is 12.8 Å². The summed E-state index contributed by atoms with van der Waals surface area (Å²) in [5.74, 6) is 1.93.